The first-order valence-electron chi connectivity index (χ1n) is 11.7. The van der Waals surface area contributed by atoms with Crippen LogP contribution in [0, 0.1) is 0 Å². The highest BCUT2D eigenvalue weighted by Crippen LogP contribution is 2.46. The van der Waals surface area contributed by atoms with Gasteiger partial charge in [-0.2, -0.15) is 0 Å². The SMILES string of the molecule is CCCCCOC(=O)C(Cc1ccccc1)NP1(=O)CO[C@@H](Cn2cnc3c(N)ncnc32)CO1. The molecule has 1 aliphatic heterocycles. The lowest BCUT2D eigenvalue weighted by atomic mass is 10.1. The van der Waals surface area contributed by atoms with Crippen LogP contribution in [0.15, 0.2) is 43.0 Å². The summed E-state index contributed by atoms with van der Waals surface area (Å²) in [5.74, 6) is -0.151. The van der Waals surface area contributed by atoms with E-state index >= 15 is 0 Å². The lowest BCUT2D eigenvalue weighted by Gasteiger charge is -2.32. The summed E-state index contributed by atoms with van der Waals surface area (Å²) in [6.07, 6.45) is 5.56. The van der Waals surface area contributed by atoms with Crippen LogP contribution in [0.3, 0.4) is 0 Å². The van der Waals surface area contributed by atoms with E-state index in [4.69, 9.17) is 19.7 Å². The number of esters is 1. The first-order chi connectivity index (χ1) is 17.0. The lowest BCUT2D eigenvalue weighted by molar-refractivity contribution is -0.145. The summed E-state index contributed by atoms with van der Waals surface area (Å²) in [6.45, 7) is 2.88. The quantitative estimate of drug-likeness (QED) is 0.228. The molecule has 4 rings (SSSR count). The molecule has 1 aromatic carbocycles. The van der Waals surface area contributed by atoms with Crippen molar-refractivity contribution in [1.82, 2.24) is 24.6 Å². The highest BCUT2D eigenvalue weighted by molar-refractivity contribution is 7.56. The molecule has 1 aliphatic rings. The van der Waals surface area contributed by atoms with E-state index in [-0.39, 0.29) is 19.1 Å². The number of carbonyl (C=O) groups is 1. The van der Waals surface area contributed by atoms with Crippen molar-refractivity contribution in [1.29, 1.82) is 0 Å². The molecule has 1 saturated heterocycles. The first-order valence-corrected chi connectivity index (χ1v) is 13.5. The van der Waals surface area contributed by atoms with Gasteiger partial charge in [0.05, 0.1) is 26.1 Å². The second kappa shape index (κ2) is 11.7. The lowest BCUT2D eigenvalue weighted by Crippen LogP contribution is -2.42. The van der Waals surface area contributed by atoms with E-state index in [1.54, 1.807) is 10.9 Å². The average molecular weight is 503 g/mol. The molecule has 0 radical (unpaired) electrons. The second-order valence-electron chi connectivity index (χ2n) is 8.46. The number of nitrogens with two attached hydrogens (primary N) is 1. The Balaban J connectivity index is 1.37. The van der Waals surface area contributed by atoms with E-state index in [1.807, 2.05) is 30.3 Å². The van der Waals surface area contributed by atoms with Crippen molar-refractivity contribution in [3.63, 3.8) is 0 Å². The molecule has 11 nitrogen and oxygen atoms in total. The Morgan fingerprint density at radius 1 is 1.29 bits per heavy atom. The van der Waals surface area contributed by atoms with Crippen molar-refractivity contribution in [3.8, 4) is 0 Å². The Morgan fingerprint density at radius 3 is 2.86 bits per heavy atom. The Morgan fingerprint density at radius 2 is 2.11 bits per heavy atom. The van der Waals surface area contributed by atoms with E-state index in [1.165, 1.54) is 6.33 Å². The predicted octanol–water partition coefficient (Wildman–Crippen LogP) is 2.91. The highest BCUT2D eigenvalue weighted by atomic mass is 31.2. The molecule has 3 aromatic rings. The van der Waals surface area contributed by atoms with Gasteiger partial charge < -0.3 is 24.3 Å². The number of aromatic nitrogens is 4. The molecule has 3 N–H and O–H groups in total. The molecular weight excluding hydrogens is 471 g/mol. The Labute approximate surface area is 203 Å². The van der Waals surface area contributed by atoms with Gasteiger partial charge in [-0.1, -0.05) is 50.1 Å². The normalized spacial score (nSPS) is 21.1. The van der Waals surface area contributed by atoms with Crippen molar-refractivity contribution in [2.75, 3.05) is 25.3 Å². The van der Waals surface area contributed by atoms with Crippen LogP contribution in [0.25, 0.3) is 11.2 Å². The third kappa shape index (κ3) is 6.64. The van der Waals surface area contributed by atoms with Crippen LogP contribution in [-0.2, 0) is 36.3 Å². The number of rotatable bonds is 11. The third-order valence-corrected chi connectivity index (χ3v) is 7.45. The molecule has 0 bridgehead atoms. The molecule has 35 heavy (non-hydrogen) atoms. The van der Waals surface area contributed by atoms with Crippen LogP contribution in [0.2, 0.25) is 0 Å². The van der Waals surface area contributed by atoms with Crippen LogP contribution >= 0.6 is 7.52 Å². The van der Waals surface area contributed by atoms with Crippen LogP contribution in [0.4, 0.5) is 5.82 Å². The van der Waals surface area contributed by atoms with E-state index in [0.29, 0.717) is 36.6 Å². The van der Waals surface area contributed by atoms with Crippen LogP contribution in [0.1, 0.15) is 31.7 Å². The summed E-state index contributed by atoms with van der Waals surface area (Å²) in [7, 11) is -3.43. The highest BCUT2D eigenvalue weighted by Gasteiger charge is 2.37. The number of nitrogen functional groups attached to an aromatic ring is 1. The topological polar surface area (TPSA) is 143 Å². The molecule has 0 amide bonds. The smallest absolute Gasteiger partial charge is 0.323 e. The minimum atomic E-state index is -3.43. The first kappa shape index (κ1) is 25.2. The maximum absolute atomic E-state index is 13.4. The zero-order valence-electron chi connectivity index (χ0n) is 19.7. The molecule has 0 saturated carbocycles. The summed E-state index contributed by atoms with van der Waals surface area (Å²) < 4.78 is 32.2. The Hall–Kier alpha value is -2.85. The van der Waals surface area contributed by atoms with Crippen LogP contribution in [-0.4, -0.2) is 57.2 Å². The van der Waals surface area contributed by atoms with Crippen molar-refractivity contribution in [2.45, 2.75) is 51.3 Å². The number of fused-ring (bicyclic) bond motifs is 1. The second-order valence-corrected chi connectivity index (χ2v) is 10.6. The number of nitrogens with zero attached hydrogens (tertiary/aromatic N) is 4. The Kier molecular flexibility index (Phi) is 8.46. The van der Waals surface area contributed by atoms with Gasteiger partial charge in [0.1, 0.15) is 30.3 Å². The standard InChI is InChI=1S/C23H31N6O5P/c1-2-3-7-10-32-23(30)19(11-17-8-5-4-6-9-17)28-35(31)16-33-18(13-34-35)12-29-15-27-20-21(24)25-14-26-22(20)29/h4-6,8-9,14-15,18-19H,2-3,7,10-13,16H2,1H3,(H,28,31)(H2,24,25,26)/t18-,19?,35?/m0/s1. The van der Waals surface area contributed by atoms with Crippen molar-refractivity contribution in [3.05, 3.63) is 48.5 Å². The fourth-order valence-corrected chi connectivity index (χ4v) is 5.53. The van der Waals surface area contributed by atoms with E-state index < -0.39 is 19.5 Å². The molecule has 2 unspecified atom stereocenters. The van der Waals surface area contributed by atoms with Crippen molar-refractivity contribution < 1.29 is 23.4 Å². The minimum Gasteiger partial charge on any atom is -0.465 e. The van der Waals surface area contributed by atoms with E-state index in [2.05, 4.69) is 27.0 Å². The van der Waals surface area contributed by atoms with Crippen molar-refractivity contribution >= 4 is 30.5 Å². The zero-order valence-corrected chi connectivity index (χ0v) is 20.6. The number of ether oxygens (including phenoxy) is 2. The molecule has 188 valence electrons. The van der Waals surface area contributed by atoms with Gasteiger partial charge in [-0.25, -0.2) is 20.0 Å². The molecule has 3 atom stereocenters. The van der Waals surface area contributed by atoms with Gasteiger partial charge in [-0.05, 0) is 18.4 Å². The van der Waals surface area contributed by atoms with Gasteiger partial charge in [0, 0.05) is 0 Å². The molecule has 0 aliphatic carbocycles. The van der Waals surface area contributed by atoms with Gasteiger partial charge in [-0.3, -0.25) is 9.36 Å². The molecule has 12 heteroatoms. The number of hydrogen-bond donors (Lipinski definition) is 2. The van der Waals surface area contributed by atoms with Crippen molar-refractivity contribution in [2.24, 2.45) is 0 Å². The zero-order chi connectivity index (χ0) is 24.7. The van der Waals surface area contributed by atoms with Gasteiger partial charge in [0.2, 0.25) is 0 Å². The maximum Gasteiger partial charge on any atom is 0.323 e. The van der Waals surface area contributed by atoms with Gasteiger partial charge in [0.25, 0.3) is 7.52 Å². The fraction of sp³-hybridized carbons (Fsp3) is 0.478. The number of benzene rings is 1. The molecule has 2 aromatic heterocycles. The maximum atomic E-state index is 13.4. The summed E-state index contributed by atoms with van der Waals surface area (Å²) >= 11 is 0. The number of carbonyl (C=O) groups excluding carboxylic acids is 1. The Bertz CT molecular complexity index is 1160. The number of unbranched alkanes of at least 4 members (excludes halogenated alkanes) is 2. The predicted molar refractivity (Wildman–Crippen MR) is 131 cm³/mol. The monoisotopic (exact) mass is 502 g/mol. The van der Waals surface area contributed by atoms with Gasteiger partial charge in [0.15, 0.2) is 11.5 Å². The largest absolute Gasteiger partial charge is 0.465 e. The average Bonchev–Trinajstić information content (AvgIpc) is 3.27. The number of imidazole rings is 1. The number of hydrogen-bond acceptors (Lipinski definition) is 9. The number of nitrogens with one attached hydrogen (secondary N) is 1. The molecular formula is C23H31N6O5P. The van der Waals surface area contributed by atoms with Crippen LogP contribution < -0.4 is 10.8 Å². The summed E-state index contributed by atoms with van der Waals surface area (Å²) in [5.41, 5.74) is 7.86. The van der Waals surface area contributed by atoms with Gasteiger partial charge in [-0.15, -0.1) is 0 Å². The summed E-state index contributed by atoms with van der Waals surface area (Å²) in [5, 5.41) is 2.92. The fourth-order valence-electron chi connectivity index (χ4n) is 3.82. The van der Waals surface area contributed by atoms with E-state index in [0.717, 1.165) is 24.8 Å². The third-order valence-electron chi connectivity index (χ3n) is 5.69. The summed E-state index contributed by atoms with van der Waals surface area (Å²) in [4.78, 5) is 25.2. The van der Waals surface area contributed by atoms with Gasteiger partial charge >= 0.3 is 5.97 Å². The molecule has 1 fully saturated rings. The summed E-state index contributed by atoms with van der Waals surface area (Å²) in [6, 6.07) is 8.69. The van der Waals surface area contributed by atoms with E-state index in [9.17, 15) is 9.36 Å². The minimum absolute atomic E-state index is 0.0775. The number of anilines is 1. The van der Waals surface area contributed by atoms with Crippen LogP contribution in [0.5, 0.6) is 0 Å². The molecule has 0 spiro atoms. The molecule has 3 heterocycles.